The number of hydrogen-bond acceptors (Lipinski definition) is 4. The van der Waals surface area contributed by atoms with E-state index in [0.29, 0.717) is 23.5 Å². The van der Waals surface area contributed by atoms with Crippen LogP contribution in [-0.4, -0.2) is 20.7 Å². The zero-order valence-corrected chi connectivity index (χ0v) is 13.1. The molecule has 5 heteroatoms. The molecule has 0 amide bonds. The van der Waals surface area contributed by atoms with E-state index in [0.717, 1.165) is 6.42 Å². The van der Waals surface area contributed by atoms with Crippen molar-refractivity contribution in [3.05, 3.63) is 24.3 Å². The lowest BCUT2D eigenvalue weighted by molar-refractivity contribution is 0.363. The molecule has 20 heavy (non-hydrogen) atoms. The van der Waals surface area contributed by atoms with Gasteiger partial charge >= 0.3 is 0 Å². The third-order valence-electron chi connectivity index (χ3n) is 3.27. The molecule has 0 saturated carbocycles. The van der Waals surface area contributed by atoms with E-state index in [1.54, 1.807) is 25.1 Å². The molecule has 0 spiro atoms. The third kappa shape index (κ3) is 4.53. The van der Waals surface area contributed by atoms with Gasteiger partial charge in [0, 0.05) is 13.0 Å². The molecule has 4 nitrogen and oxygen atoms in total. The summed E-state index contributed by atoms with van der Waals surface area (Å²) >= 11 is 0. The first-order valence-corrected chi connectivity index (χ1v) is 8.40. The van der Waals surface area contributed by atoms with Crippen LogP contribution in [-0.2, 0) is 9.84 Å². The van der Waals surface area contributed by atoms with Gasteiger partial charge in [-0.05, 0) is 24.0 Å². The van der Waals surface area contributed by atoms with Gasteiger partial charge in [0.15, 0.2) is 9.84 Å². The van der Waals surface area contributed by atoms with Crippen LogP contribution in [0.15, 0.2) is 29.2 Å². The Bertz CT molecular complexity index is 586. The van der Waals surface area contributed by atoms with Crippen molar-refractivity contribution in [3.63, 3.8) is 0 Å². The zero-order chi connectivity index (χ0) is 15.2. The fraction of sp³-hybridized carbons (Fsp3) is 0.533. The van der Waals surface area contributed by atoms with Crippen LogP contribution in [0.4, 0.5) is 5.69 Å². The predicted molar refractivity (Wildman–Crippen MR) is 81.3 cm³/mol. The number of sulfone groups is 1. The van der Waals surface area contributed by atoms with Crippen LogP contribution in [0.5, 0.6) is 0 Å². The molecular formula is C15H22N2O2S. The van der Waals surface area contributed by atoms with Gasteiger partial charge in [-0.2, -0.15) is 5.26 Å². The van der Waals surface area contributed by atoms with Gasteiger partial charge in [0.25, 0.3) is 0 Å². The first kappa shape index (κ1) is 16.5. The number of hydrogen-bond donors (Lipinski definition) is 1. The summed E-state index contributed by atoms with van der Waals surface area (Å²) in [4.78, 5) is 0.346. The zero-order valence-electron chi connectivity index (χ0n) is 12.3. The Morgan fingerprint density at radius 1 is 1.30 bits per heavy atom. The van der Waals surface area contributed by atoms with Crippen molar-refractivity contribution >= 4 is 15.5 Å². The van der Waals surface area contributed by atoms with Gasteiger partial charge in [0.1, 0.15) is 0 Å². The molecule has 0 saturated heterocycles. The van der Waals surface area contributed by atoms with Crippen molar-refractivity contribution in [3.8, 4) is 6.07 Å². The van der Waals surface area contributed by atoms with Crippen molar-refractivity contribution in [1.82, 2.24) is 0 Å². The molecule has 0 aliphatic rings. The normalized spacial score (nSPS) is 11.9. The van der Waals surface area contributed by atoms with Crippen LogP contribution in [0.2, 0.25) is 0 Å². The molecule has 0 aliphatic carbocycles. The minimum absolute atomic E-state index is 0.0567. The number of anilines is 1. The highest BCUT2D eigenvalue weighted by Crippen LogP contribution is 2.26. The Hall–Kier alpha value is -1.54. The molecule has 0 heterocycles. The van der Waals surface area contributed by atoms with E-state index < -0.39 is 9.84 Å². The van der Waals surface area contributed by atoms with Gasteiger partial charge in [-0.15, -0.1) is 0 Å². The summed E-state index contributed by atoms with van der Waals surface area (Å²) in [5.74, 6) is 0.0868. The minimum Gasteiger partial charge on any atom is -0.383 e. The van der Waals surface area contributed by atoms with Gasteiger partial charge in [-0.25, -0.2) is 8.42 Å². The fourth-order valence-electron chi connectivity index (χ4n) is 1.86. The fourth-order valence-corrected chi connectivity index (χ4v) is 2.93. The average Bonchev–Trinajstić information content (AvgIpc) is 2.43. The van der Waals surface area contributed by atoms with E-state index in [1.165, 1.54) is 0 Å². The quantitative estimate of drug-likeness (QED) is 0.838. The molecule has 0 unspecified atom stereocenters. The summed E-state index contributed by atoms with van der Waals surface area (Å²) in [7, 11) is -3.23. The van der Waals surface area contributed by atoms with E-state index in [9.17, 15) is 8.42 Å². The van der Waals surface area contributed by atoms with E-state index in [1.807, 2.05) is 6.07 Å². The van der Waals surface area contributed by atoms with Crippen LogP contribution >= 0.6 is 0 Å². The summed E-state index contributed by atoms with van der Waals surface area (Å²) in [6.45, 7) is 6.40. The van der Waals surface area contributed by atoms with Crippen molar-refractivity contribution in [2.24, 2.45) is 5.41 Å². The van der Waals surface area contributed by atoms with Crippen molar-refractivity contribution in [2.75, 3.05) is 17.6 Å². The average molecular weight is 294 g/mol. The van der Waals surface area contributed by atoms with Crippen molar-refractivity contribution in [2.45, 2.75) is 38.5 Å². The minimum atomic E-state index is -3.23. The molecule has 0 bridgehead atoms. The van der Waals surface area contributed by atoms with Crippen molar-refractivity contribution in [1.29, 1.82) is 5.26 Å². The Balaban J connectivity index is 2.87. The molecule has 0 aliphatic heterocycles. The second-order valence-electron chi connectivity index (χ2n) is 5.58. The van der Waals surface area contributed by atoms with Crippen LogP contribution in [0.25, 0.3) is 0 Å². The lowest BCUT2D eigenvalue weighted by Crippen LogP contribution is -2.23. The Kier molecular flexibility index (Phi) is 5.58. The molecule has 1 rings (SSSR count). The van der Waals surface area contributed by atoms with Crippen LogP contribution in [0.3, 0.4) is 0 Å². The predicted octanol–water partition coefficient (Wildman–Crippen LogP) is 3.22. The topological polar surface area (TPSA) is 70.0 Å². The van der Waals surface area contributed by atoms with E-state index in [2.05, 4.69) is 25.2 Å². The number of benzene rings is 1. The highest BCUT2D eigenvalue weighted by Gasteiger charge is 2.20. The highest BCUT2D eigenvalue weighted by atomic mass is 32.2. The Labute approximate surface area is 121 Å². The molecule has 0 fully saturated rings. The summed E-state index contributed by atoms with van der Waals surface area (Å²) in [5, 5.41) is 11.9. The molecule has 1 N–H and O–H groups in total. The van der Waals surface area contributed by atoms with E-state index in [-0.39, 0.29) is 11.2 Å². The summed E-state index contributed by atoms with van der Waals surface area (Å²) < 4.78 is 24.1. The van der Waals surface area contributed by atoms with Crippen LogP contribution in [0.1, 0.15) is 33.6 Å². The van der Waals surface area contributed by atoms with Gasteiger partial charge in [0.05, 0.1) is 22.4 Å². The second kappa shape index (κ2) is 6.76. The van der Waals surface area contributed by atoms with Crippen molar-refractivity contribution < 1.29 is 8.42 Å². The molecule has 0 atom stereocenters. The molecule has 1 aromatic carbocycles. The number of para-hydroxylation sites is 1. The van der Waals surface area contributed by atoms with Crippen LogP contribution < -0.4 is 5.32 Å². The Morgan fingerprint density at radius 2 is 1.95 bits per heavy atom. The first-order valence-electron chi connectivity index (χ1n) is 6.75. The smallest absolute Gasteiger partial charge is 0.180 e. The highest BCUT2D eigenvalue weighted by molar-refractivity contribution is 7.91. The first-order chi connectivity index (χ1) is 9.32. The molecule has 0 radical (unpaired) electrons. The van der Waals surface area contributed by atoms with E-state index in [4.69, 9.17) is 5.26 Å². The largest absolute Gasteiger partial charge is 0.383 e. The molecule has 0 aromatic heterocycles. The number of nitriles is 1. The summed E-state index contributed by atoms with van der Waals surface area (Å²) in [5.41, 5.74) is 0.582. The summed E-state index contributed by atoms with van der Waals surface area (Å²) in [6, 6.07) is 9.10. The van der Waals surface area contributed by atoms with Gasteiger partial charge < -0.3 is 5.32 Å². The molecular weight excluding hydrogens is 272 g/mol. The lowest BCUT2D eigenvalue weighted by Gasteiger charge is -2.25. The second-order valence-corrected chi connectivity index (χ2v) is 7.82. The third-order valence-corrected chi connectivity index (χ3v) is 5.06. The maximum Gasteiger partial charge on any atom is 0.180 e. The molecule has 110 valence electrons. The van der Waals surface area contributed by atoms with Gasteiger partial charge in [-0.1, -0.05) is 32.9 Å². The lowest BCUT2D eigenvalue weighted by atomic mass is 9.88. The van der Waals surface area contributed by atoms with Gasteiger partial charge in [-0.3, -0.25) is 0 Å². The Morgan fingerprint density at radius 3 is 2.55 bits per heavy atom. The number of nitrogens with zero attached hydrogens (tertiary/aromatic N) is 1. The SMILES string of the molecule is CCS(=O)(=O)c1ccccc1NCC(C)(C)CCC#N. The number of nitrogens with one attached hydrogen (secondary N) is 1. The monoisotopic (exact) mass is 294 g/mol. The maximum absolute atomic E-state index is 12.0. The van der Waals surface area contributed by atoms with Gasteiger partial charge in [0.2, 0.25) is 0 Å². The summed E-state index contributed by atoms with van der Waals surface area (Å²) in [6.07, 6.45) is 1.28. The molecule has 1 aromatic rings. The maximum atomic E-state index is 12.0. The van der Waals surface area contributed by atoms with Crippen LogP contribution in [0, 0.1) is 16.7 Å². The number of rotatable bonds is 7. The standard InChI is InChI=1S/C15H22N2O2S/c1-4-20(18,19)14-9-6-5-8-13(14)17-12-15(2,3)10-7-11-16/h5-6,8-9,17H,4,7,10,12H2,1-3H3. The van der Waals surface area contributed by atoms with E-state index >= 15 is 0 Å².